The molecule has 146 valence electrons. The highest BCUT2D eigenvalue weighted by Gasteiger charge is 2.35. The van der Waals surface area contributed by atoms with Gasteiger partial charge in [-0.3, -0.25) is 14.6 Å². The maximum atomic E-state index is 12.9. The first-order valence-corrected chi connectivity index (χ1v) is 8.81. The summed E-state index contributed by atoms with van der Waals surface area (Å²) in [5.41, 5.74) is 6.55. The normalized spacial score (nSPS) is 13.3. The average Bonchev–Trinajstić information content (AvgIpc) is 2.71. The molecule has 0 amide bonds. The highest BCUT2D eigenvalue weighted by atomic mass is 79.9. The van der Waals surface area contributed by atoms with E-state index in [0.717, 1.165) is 0 Å². The number of carbonyl (C=O) groups excluding carboxylic acids is 2. The zero-order valence-corrected chi connectivity index (χ0v) is 17.2. The molecule has 0 radical (unpaired) electrons. The standard InChI is InChI=1S/C19H17BrN2O6/c1-25-10-7-9(12(20)18(27-3)17(10)26-2)14-11-8(5-6-22-14)15(23)19(28-4)13(21)16(11)24/h5-7H,21H2,1-4H3. The zero-order chi connectivity index (χ0) is 20.6. The highest BCUT2D eigenvalue weighted by molar-refractivity contribution is 9.10. The van der Waals surface area contributed by atoms with Crippen LogP contribution in [0.3, 0.4) is 0 Å². The summed E-state index contributed by atoms with van der Waals surface area (Å²) in [6.45, 7) is 0. The van der Waals surface area contributed by atoms with Crippen molar-refractivity contribution in [1.82, 2.24) is 4.98 Å². The number of hydrogen-bond donors (Lipinski definition) is 1. The molecule has 0 saturated heterocycles. The molecule has 0 unspecified atom stereocenters. The third-order valence-electron chi connectivity index (χ3n) is 4.35. The fourth-order valence-corrected chi connectivity index (χ4v) is 3.71. The first-order valence-electron chi connectivity index (χ1n) is 8.02. The maximum absolute atomic E-state index is 12.9. The van der Waals surface area contributed by atoms with Crippen LogP contribution in [0.5, 0.6) is 17.2 Å². The Morgan fingerprint density at radius 1 is 0.929 bits per heavy atom. The number of pyridine rings is 1. The van der Waals surface area contributed by atoms with E-state index in [0.29, 0.717) is 27.3 Å². The molecule has 1 aliphatic rings. The van der Waals surface area contributed by atoms with Crippen molar-refractivity contribution in [3.05, 3.63) is 45.4 Å². The van der Waals surface area contributed by atoms with Gasteiger partial charge in [-0.2, -0.15) is 0 Å². The molecule has 0 atom stereocenters. The fourth-order valence-electron chi connectivity index (χ4n) is 3.06. The fraction of sp³-hybridized carbons (Fsp3) is 0.211. The van der Waals surface area contributed by atoms with Crippen molar-refractivity contribution < 1.29 is 28.5 Å². The maximum Gasteiger partial charge on any atom is 0.230 e. The van der Waals surface area contributed by atoms with Crippen molar-refractivity contribution in [3.8, 4) is 28.5 Å². The van der Waals surface area contributed by atoms with Crippen molar-refractivity contribution in [2.75, 3.05) is 28.4 Å². The summed E-state index contributed by atoms with van der Waals surface area (Å²) in [4.78, 5) is 29.9. The third kappa shape index (κ3) is 2.78. The summed E-state index contributed by atoms with van der Waals surface area (Å²) >= 11 is 3.47. The lowest BCUT2D eigenvalue weighted by molar-refractivity contribution is 0.0905. The minimum atomic E-state index is -0.546. The molecule has 2 N–H and O–H groups in total. The van der Waals surface area contributed by atoms with Crippen LogP contribution in [-0.4, -0.2) is 45.0 Å². The van der Waals surface area contributed by atoms with E-state index in [9.17, 15) is 9.59 Å². The summed E-state index contributed by atoms with van der Waals surface area (Å²) in [7, 11) is 5.72. The first kappa shape index (κ1) is 19.7. The number of nitrogens with two attached hydrogens (primary N) is 1. The van der Waals surface area contributed by atoms with E-state index >= 15 is 0 Å². The summed E-state index contributed by atoms with van der Waals surface area (Å²) in [5.74, 6) is -0.121. The Balaban J connectivity index is 2.35. The number of carbonyl (C=O) groups is 2. The molecule has 2 aromatic rings. The van der Waals surface area contributed by atoms with Crippen molar-refractivity contribution in [2.45, 2.75) is 0 Å². The van der Waals surface area contributed by atoms with E-state index in [1.54, 1.807) is 6.07 Å². The van der Waals surface area contributed by atoms with Crippen LogP contribution in [0.2, 0.25) is 0 Å². The van der Waals surface area contributed by atoms with E-state index in [1.807, 2.05) is 0 Å². The van der Waals surface area contributed by atoms with Gasteiger partial charge in [-0.05, 0) is 28.1 Å². The van der Waals surface area contributed by atoms with E-state index in [1.165, 1.54) is 40.7 Å². The molecule has 28 heavy (non-hydrogen) atoms. The first-order chi connectivity index (χ1) is 13.4. The number of Topliss-reactive ketones (excluding diaryl/α,β-unsaturated/α-hetero) is 2. The summed E-state index contributed by atoms with van der Waals surface area (Å²) in [6, 6.07) is 3.09. The molecule has 9 heteroatoms. The number of benzene rings is 1. The Morgan fingerprint density at radius 3 is 2.18 bits per heavy atom. The van der Waals surface area contributed by atoms with E-state index < -0.39 is 11.6 Å². The number of ether oxygens (including phenoxy) is 4. The van der Waals surface area contributed by atoms with Gasteiger partial charge in [0.05, 0.1) is 44.2 Å². The Bertz CT molecular complexity index is 1030. The number of halogens is 1. The second kappa shape index (κ2) is 7.51. The summed E-state index contributed by atoms with van der Waals surface area (Å²) < 4.78 is 21.7. The molecule has 0 spiro atoms. The number of hydrogen-bond acceptors (Lipinski definition) is 8. The van der Waals surface area contributed by atoms with Crippen LogP contribution in [-0.2, 0) is 4.74 Å². The predicted octanol–water partition coefficient (Wildman–Crippen LogP) is 2.73. The number of ketones is 2. The Kier molecular flexibility index (Phi) is 5.28. The molecule has 0 aliphatic heterocycles. The Hall–Kier alpha value is -3.07. The smallest absolute Gasteiger partial charge is 0.230 e. The number of fused-ring (bicyclic) bond motifs is 1. The van der Waals surface area contributed by atoms with Gasteiger partial charge in [-0.15, -0.1) is 0 Å². The quantitative estimate of drug-likeness (QED) is 0.742. The van der Waals surface area contributed by atoms with Gasteiger partial charge in [0.1, 0.15) is 5.70 Å². The Morgan fingerprint density at radius 2 is 1.61 bits per heavy atom. The van der Waals surface area contributed by atoms with E-state index in [4.69, 9.17) is 24.7 Å². The number of allylic oxidation sites excluding steroid dienone is 2. The topological polar surface area (TPSA) is 110 Å². The lowest BCUT2D eigenvalue weighted by Crippen LogP contribution is -2.28. The Labute approximate surface area is 169 Å². The van der Waals surface area contributed by atoms with Crippen LogP contribution in [0.15, 0.2) is 34.3 Å². The van der Waals surface area contributed by atoms with Gasteiger partial charge in [-0.1, -0.05) is 0 Å². The van der Waals surface area contributed by atoms with Crippen LogP contribution in [0.1, 0.15) is 20.7 Å². The summed E-state index contributed by atoms with van der Waals surface area (Å²) in [5, 5.41) is 0. The van der Waals surface area contributed by atoms with Crippen LogP contribution in [0, 0.1) is 0 Å². The SMILES string of the molecule is COC1=C(N)C(=O)c2c(ccnc2-c2cc(OC)c(OC)c(OC)c2Br)C1=O. The molecule has 1 aliphatic carbocycles. The number of nitrogens with zero attached hydrogens (tertiary/aromatic N) is 1. The predicted molar refractivity (Wildman–Crippen MR) is 104 cm³/mol. The molecule has 3 rings (SSSR count). The van der Waals surface area contributed by atoms with Gasteiger partial charge < -0.3 is 24.7 Å². The molecular formula is C19H17BrN2O6. The molecule has 0 saturated carbocycles. The summed E-state index contributed by atoms with van der Waals surface area (Å²) in [6.07, 6.45) is 1.43. The van der Waals surface area contributed by atoms with Gasteiger partial charge in [0.25, 0.3) is 0 Å². The van der Waals surface area contributed by atoms with Gasteiger partial charge in [-0.25, -0.2) is 0 Å². The van der Waals surface area contributed by atoms with Crippen molar-refractivity contribution in [2.24, 2.45) is 5.73 Å². The zero-order valence-electron chi connectivity index (χ0n) is 15.6. The van der Waals surface area contributed by atoms with Crippen LogP contribution < -0.4 is 19.9 Å². The molecule has 0 fully saturated rings. The molecule has 1 heterocycles. The average molecular weight is 449 g/mol. The van der Waals surface area contributed by atoms with Crippen LogP contribution >= 0.6 is 15.9 Å². The van der Waals surface area contributed by atoms with Crippen molar-refractivity contribution >= 4 is 27.5 Å². The van der Waals surface area contributed by atoms with Crippen LogP contribution in [0.25, 0.3) is 11.3 Å². The molecule has 1 aromatic carbocycles. The van der Waals surface area contributed by atoms with Gasteiger partial charge in [0.15, 0.2) is 17.3 Å². The molecule has 0 bridgehead atoms. The molecule has 1 aromatic heterocycles. The lowest BCUT2D eigenvalue weighted by atomic mass is 9.88. The molecule has 8 nitrogen and oxygen atoms in total. The van der Waals surface area contributed by atoms with Crippen LogP contribution in [0.4, 0.5) is 0 Å². The van der Waals surface area contributed by atoms with Gasteiger partial charge in [0.2, 0.25) is 17.3 Å². The monoisotopic (exact) mass is 448 g/mol. The van der Waals surface area contributed by atoms with Crippen molar-refractivity contribution in [3.63, 3.8) is 0 Å². The van der Waals surface area contributed by atoms with Gasteiger partial charge in [0, 0.05) is 17.3 Å². The van der Waals surface area contributed by atoms with Gasteiger partial charge >= 0.3 is 0 Å². The van der Waals surface area contributed by atoms with E-state index in [2.05, 4.69) is 20.9 Å². The van der Waals surface area contributed by atoms with Crippen molar-refractivity contribution in [1.29, 1.82) is 0 Å². The third-order valence-corrected chi connectivity index (χ3v) is 5.13. The second-order valence-corrected chi connectivity index (χ2v) is 6.49. The second-order valence-electron chi connectivity index (χ2n) is 5.69. The highest BCUT2D eigenvalue weighted by Crippen LogP contribution is 2.48. The number of rotatable bonds is 5. The van der Waals surface area contributed by atoms with E-state index in [-0.39, 0.29) is 28.3 Å². The lowest BCUT2D eigenvalue weighted by Gasteiger charge is -2.21. The minimum absolute atomic E-state index is 0.0840. The number of methoxy groups -OCH3 is 4. The largest absolute Gasteiger partial charge is 0.493 e. The number of aromatic nitrogens is 1. The molecular weight excluding hydrogens is 432 g/mol. The minimum Gasteiger partial charge on any atom is -0.493 e.